The van der Waals surface area contributed by atoms with E-state index in [0.29, 0.717) is 35.2 Å². The minimum absolute atomic E-state index is 0.0300. The van der Waals surface area contributed by atoms with Crippen LogP contribution in [0, 0.1) is 0 Å². The topological polar surface area (TPSA) is 58.2 Å². The first-order chi connectivity index (χ1) is 17.2. The number of Topliss-reactive ketones (excluding diaryl/α,β-unsaturated/α-hetero) is 1. The van der Waals surface area contributed by atoms with Crippen molar-refractivity contribution >= 4 is 17.4 Å². The maximum absolute atomic E-state index is 12.9. The Morgan fingerprint density at radius 2 is 1.40 bits per heavy atom. The van der Waals surface area contributed by atoms with Crippen LogP contribution in [-0.4, -0.2) is 17.7 Å². The van der Waals surface area contributed by atoms with Crippen LogP contribution in [0.15, 0.2) is 109 Å². The van der Waals surface area contributed by atoms with Gasteiger partial charge in [0.2, 0.25) is 0 Å². The summed E-state index contributed by atoms with van der Waals surface area (Å²) in [6.07, 6.45) is 1.48. The second-order valence-electron chi connectivity index (χ2n) is 9.06. The van der Waals surface area contributed by atoms with Gasteiger partial charge in [0.05, 0.1) is 0 Å². The normalized spacial score (nSPS) is 16.5. The lowest BCUT2D eigenvalue weighted by atomic mass is 10.0. The van der Waals surface area contributed by atoms with Crippen LogP contribution in [0.2, 0.25) is 0 Å². The summed E-state index contributed by atoms with van der Waals surface area (Å²) in [4.78, 5) is 25.3. The van der Waals surface area contributed by atoms with E-state index in [1.165, 1.54) is 11.1 Å². The lowest BCUT2D eigenvalue weighted by molar-refractivity contribution is 0.0989. The predicted octanol–water partition coefficient (Wildman–Crippen LogP) is 6.01. The van der Waals surface area contributed by atoms with Crippen molar-refractivity contribution in [2.75, 3.05) is 5.32 Å². The molecule has 1 fully saturated rings. The first-order valence-electron chi connectivity index (χ1n) is 12.0. The summed E-state index contributed by atoms with van der Waals surface area (Å²) in [6, 6.07) is 35.5. The highest BCUT2D eigenvalue weighted by atomic mass is 16.1. The minimum atomic E-state index is -0.192. The van der Waals surface area contributed by atoms with Crippen LogP contribution in [0.5, 0.6) is 0 Å². The zero-order chi connectivity index (χ0) is 24.0. The number of ketones is 1. The van der Waals surface area contributed by atoms with E-state index in [1.54, 1.807) is 36.4 Å². The van der Waals surface area contributed by atoms with E-state index >= 15 is 0 Å². The third-order valence-corrected chi connectivity index (χ3v) is 6.45. The van der Waals surface area contributed by atoms with Crippen LogP contribution in [0.1, 0.15) is 49.7 Å². The molecule has 4 aromatic carbocycles. The van der Waals surface area contributed by atoms with Gasteiger partial charge in [-0.3, -0.25) is 9.59 Å². The molecule has 5 rings (SSSR count). The van der Waals surface area contributed by atoms with Gasteiger partial charge < -0.3 is 10.6 Å². The largest absolute Gasteiger partial charge is 0.322 e. The number of rotatable bonds is 9. The Kier molecular flexibility index (Phi) is 6.82. The van der Waals surface area contributed by atoms with Gasteiger partial charge in [-0.05, 0) is 47.4 Å². The molecule has 1 aliphatic rings. The van der Waals surface area contributed by atoms with Gasteiger partial charge in [-0.25, -0.2) is 0 Å². The first-order valence-corrected chi connectivity index (χ1v) is 12.0. The monoisotopic (exact) mass is 460 g/mol. The molecule has 0 heterocycles. The molecule has 0 bridgehead atoms. The van der Waals surface area contributed by atoms with Crippen LogP contribution in [0.25, 0.3) is 0 Å². The van der Waals surface area contributed by atoms with Gasteiger partial charge in [0.1, 0.15) is 0 Å². The number of amides is 1. The molecular weight excluding hydrogens is 432 g/mol. The fourth-order valence-corrected chi connectivity index (χ4v) is 4.37. The summed E-state index contributed by atoms with van der Waals surface area (Å²) in [5.41, 5.74) is 5.40. The molecule has 4 heteroatoms. The average Bonchev–Trinajstić information content (AvgIpc) is 3.69. The van der Waals surface area contributed by atoms with Crippen LogP contribution in [0.3, 0.4) is 0 Å². The Hall–Kier alpha value is -4.02. The highest BCUT2D eigenvalue weighted by molar-refractivity contribution is 6.05. The number of anilines is 1. The quantitative estimate of drug-likeness (QED) is 0.301. The second-order valence-corrected chi connectivity index (χ2v) is 9.06. The summed E-state index contributed by atoms with van der Waals surface area (Å²) in [6.45, 7) is 0.888. The Morgan fingerprint density at radius 3 is 2.14 bits per heavy atom. The van der Waals surface area contributed by atoms with E-state index in [4.69, 9.17) is 0 Å². The Labute approximate surface area is 206 Å². The number of carbonyl (C=O) groups excluding carboxylic acids is 2. The molecule has 0 aromatic heterocycles. The molecule has 174 valence electrons. The zero-order valence-electron chi connectivity index (χ0n) is 19.5. The molecule has 2 unspecified atom stereocenters. The molecule has 0 radical (unpaired) electrons. The van der Waals surface area contributed by atoms with Gasteiger partial charge in [0.15, 0.2) is 5.78 Å². The molecule has 1 aliphatic carbocycles. The van der Waals surface area contributed by atoms with Crippen molar-refractivity contribution in [3.05, 3.63) is 137 Å². The van der Waals surface area contributed by atoms with Crippen LogP contribution in [0.4, 0.5) is 5.69 Å². The fraction of sp³-hybridized carbons (Fsp3) is 0.161. The van der Waals surface area contributed by atoms with E-state index in [0.717, 1.165) is 18.5 Å². The molecular formula is C31H28N2O2. The van der Waals surface area contributed by atoms with Crippen molar-refractivity contribution in [2.45, 2.75) is 31.3 Å². The van der Waals surface area contributed by atoms with Crippen molar-refractivity contribution in [2.24, 2.45) is 0 Å². The standard InChI is InChI=1S/C31H28N2O2/c34-30(26-12-7-13-27(19-26)33-31(35)25-10-5-2-6-11-25)18-22-14-16-24(17-15-22)28-20-29(28)32-21-23-8-3-1-4-9-23/h1-17,19,28-29,32H,18,20-21H2,(H,33,35). The highest BCUT2D eigenvalue weighted by Gasteiger charge is 2.37. The summed E-state index contributed by atoms with van der Waals surface area (Å²) in [7, 11) is 0. The Balaban J connectivity index is 1.15. The number of benzene rings is 4. The summed E-state index contributed by atoms with van der Waals surface area (Å²) >= 11 is 0. The molecule has 4 nitrogen and oxygen atoms in total. The second kappa shape index (κ2) is 10.5. The number of carbonyl (C=O) groups is 2. The molecule has 0 saturated heterocycles. The first kappa shape index (κ1) is 22.8. The molecule has 4 aromatic rings. The Morgan fingerprint density at radius 1 is 0.714 bits per heavy atom. The van der Waals surface area contributed by atoms with Crippen LogP contribution < -0.4 is 10.6 Å². The maximum atomic E-state index is 12.9. The third-order valence-electron chi connectivity index (χ3n) is 6.45. The van der Waals surface area contributed by atoms with Crippen LogP contribution in [-0.2, 0) is 13.0 Å². The lowest BCUT2D eigenvalue weighted by Crippen LogP contribution is -2.17. The van der Waals surface area contributed by atoms with Crippen molar-refractivity contribution in [3.8, 4) is 0 Å². The predicted molar refractivity (Wildman–Crippen MR) is 140 cm³/mol. The fourth-order valence-electron chi connectivity index (χ4n) is 4.37. The van der Waals surface area contributed by atoms with Gasteiger partial charge >= 0.3 is 0 Å². The van der Waals surface area contributed by atoms with Crippen molar-refractivity contribution in [3.63, 3.8) is 0 Å². The Bertz CT molecular complexity index is 1300. The summed E-state index contributed by atoms with van der Waals surface area (Å²) in [5.74, 6) is 0.373. The molecule has 0 spiro atoms. The highest BCUT2D eigenvalue weighted by Crippen LogP contribution is 2.41. The SMILES string of the molecule is O=C(Cc1ccc(C2CC2NCc2ccccc2)cc1)c1cccc(NC(=O)c2ccccc2)c1. The number of hydrogen-bond acceptors (Lipinski definition) is 3. The molecule has 1 amide bonds. The molecule has 2 N–H and O–H groups in total. The molecule has 0 aliphatic heterocycles. The summed E-state index contributed by atoms with van der Waals surface area (Å²) < 4.78 is 0. The zero-order valence-corrected chi connectivity index (χ0v) is 19.5. The minimum Gasteiger partial charge on any atom is -0.322 e. The van der Waals surface area contributed by atoms with Crippen molar-refractivity contribution in [1.29, 1.82) is 0 Å². The van der Waals surface area contributed by atoms with Crippen LogP contribution >= 0.6 is 0 Å². The third kappa shape index (κ3) is 5.92. The van der Waals surface area contributed by atoms with Gasteiger partial charge in [0.25, 0.3) is 5.91 Å². The van der Waals surface area contributed by atoms with E-state index in [2.05, 4.69) is 59.2 Å². The summed E-state index contributed by atoms with van der Waals surface area (Å²) in [5, 5.41) is 6.51. The molecule has 35 heavy (non-hydrogen) atoms. The molecule has 2 atom stereocenters. The van der Waals surface area contributed by atoms with Gasteiger partial charge in [-0.2, -0.15) is 0 Å². The smallest absolute Gasteiger partial charge is 0.255 e. The van der Waals surface area contributed by atoms with Gasteiger partial charge in [0, 0.05) is 41.7 Å². The van der Waals surface area contributed by atoms with Gasteiger partial charge in [-0.15, -0.1) is 0 Å². The average molecular weight is 461 g/mol. The molecule has 1 saturated carbocycles. The van der Waals surface area contributed by atoms with Gasteiger partial charge in [-0.1, -0.05) is 84.9 Å². The van der Waals surface area contributed by atoms with E-state index in [9.17, 15) is 9.59 Å². The van der Waals surface area contributed by atoms with Crippen molar-refractivity contribution in [1.82, 2.24) is 5.32 Å². The van der Waals surface area contributed by atoms with E-state index < -0.39 is 0 Å². The van der Waals surface area contributed by atoms with E-state index in [-0.39, 0.29) is 11.7 Å². The lowest BCUT2D eigenvalue weighted by Gasteiger charge is -2.08. The van der Waals surface area contributed by atoms with E-state index in [1.807, 2.05) is 24.3 Å². The number of hydrogen-bond donors (Lipinski definition) is 2. The number of nitrogens with one attached hydrogen (secondary N) is 2. The maximum Gasteiger partial charge on any atom is 0.255 e. The van der Waals surface area contributed by atoms with Crippen molar-refractivity contribution < 1.29 is 9.59 Å².